The number of alkyl halides is 1. The van der Waals surface area contributed by atoms with E-state index in [9.17, 15) is 0 Å². The molecule has 1 aromatic carbocycles. The third kappa shape index (κ3) is 3.25. The molecule has 0 aliphatic heterocycles. The predicted molar refractivity (Wildman–Crippen MR) is 78.9 cm³/mol. The summed E-state index contributed by atoms with van der Waals surface area (Å²) < 4.78 is 6.59. The summed E-state index contributed by atoms with van der Waals surface area (Å²) in [6.07, 6.45) is 5.46. The van der Waals surface area contributed by atoms with E-state index in [1.807, 2.05) is 6.92 Å². The molecular weight excluding hydrogens is 344 g/mol. The summed E-state index contributed by atoms with van der Waals surface area (Å²) in [6, 6.07) is 6.42. The molecule has 1 aliphatic rings. The van der Waals surface area contributed by atoms with Crippen molar-refractivity contribution >= 4 is 31.9 Å². The Morgan fingerprint density at radius 3 is 2.65 bits per heavy atom. The van der Waals surface area contributed by atoms with Crippen molar-refractivity contribution in [2.75, 3.05) is 6.61 Å². The minimum absolute atomic E-state index is 0.483. The molecule has 1 atom stereocenters. The summed E-state index contributed by atoms with van der Waals surface area (Å²) in [7, 11) is 0. The van der Waals surface area contributed by atoms with Crippen molar-refractivity contribution in [1.82, 2.24) is 0 Å². The maximum absolute atomic E-state index is 5.53. The highest BCUT2D eigenvalue weighted by Gasteiger charge is 2.24. The highest BCUT2D eigenvalue weighted by atomic mass is 79.9. The largest absolute Gasteiger partial charge is 0.493 e. The van der Waals surface area contributed by atoms with Gasteiger partial charge >= 0.3 is 0 Å². The van der Waals surface area contributed by atoms with Gasteiger partial charge in [-0.2, -0.15) is 0 Å². The van der Waals surface area contributed by atoms with Gasteiger partial charge in [0.1, 0.15) is 5.75 Å². The van der Waals surface area contributed by atoms with E-state index in [0.717, 1.165) is 16.1 Å². The Hall–Kier alpha value is -0.0200. The van der Waals surface area contributed by atoms with Crippen LogP contribution in [-0.2, 0) is 0 Å². The number of rotatable bonds is 4. The molecule has 2 rings (SSSR count). The summed E-state index contributed by atoms with van der Waals surface area (Å²) in [6.45, 7) is 2.71. The monoisotopic (exact) mass is 360 g/mol. The number of ether oxygens (including phenoxy) is 1. The number of hydrogen-bond donors (Lipinski definition) is 0. The molecule has 0 N–H and O–H groups in total. The second-order valence-electron chi connectivity index (χ2n) is 4.57. The standard InChI is InChI=1S/C14H18Br2O/c1-2-17-13-8-7-11(9-12(13)15)14(16)10-5-3-4-6-10/h7-10,14H,2-6H2,1H3. The van der Waals surface area contributed by atoms with Gasteiger partial charge in [0.2, 0.25) is 0 Å². The molecular formula is C14H18Br2O. The van der Waals surface area contributed by atoms with Crippen molar-refractivity contribution in [1.29, 1.82) is 0 Å². The van der Waals surface area contributed by atoms with Crippen molar-refractivity contribution in [3.63, 3.8) is 0 Å². The lowest BCUT2D eigenvalue weighted by Crippen LogP contribution is -2.03. The van der Waals surface area contributed by atoms with E-state index in [4.69, 9.17) is 4.74 Å². The third-order valence-corrected chi connectivity index (χ3v) is 5.28. The fraction of sp³-hybridized carbons (Fsp3) is 0.571. The zero-order valence-electron chi connectivity index (χ0n) is 10.1. The van der Waals surface area contributed by atoms with Crippen LogP contribution in [0.3, 0.4) is 0 Å². The average molecular weight is 362 g/mol. The van der Waals surface area contributed by atoms with Gasteiger partial charge in [-0.25, -0.2) is 0 Å². The van der Waals surface area contributed by atoms with Gasteiger partial charge in [-0.05, 0) is 59.3 Å². The molecule has 0 radical (unpaired) electrons. The highest BCUT2D eigenvalue weighted by molar-refractivity contribution is 9.10. The Labute approximate surface area is 120 Å². The lowest BCUT2D eigenvalue weighted by atomic mass is 9.98. The van der Waals surface area contributed by atoms with Gasteiger partial charge < -0.3 is 4.74 Å². The first-order chi connectivity index (χ1) is 8.22. The molecule has 0 bridgehead atoms. The number of benzene rings is 1. The Morgan fingerprint density at radius 2 is 2.06 bits per heavy atom. The van der Waals surface area contributed by atoms with E-state index >= 15 is 0 Å². The summed E-state index contributed by atoms with van der Waals surface area (Å²) in [5.74, 6) is 1.72. The molecule has 0 amide bonds. The van der Waals surface area contributed by atoms with Gasteiger partial charge in [-0.1, -0.05) is 34.8 Å². The zero-order chi connectivity index (χ0) is 12.3. The molecule has 94 valence electrons. The second kappa shape index (κ2) is 6.24. The van der Waals surface area contributed by atoms with Crippen molar-refractivity contribution in [3.05, 3.63) is 28.2 Å². The SMILES string of the molecule is CCOc1ccc(C(Br)C2CCCC2)cc1Br. The quantitative estimate of drug-likeness (QED) is 0.645. The van der Waals surface area contributed by atoms with Crippen LogP contribution in [-0.4, -0.2) is 6.61 Å². The maximum atomic E-state index is 5.53. The van der Waals surface area contributed by atoms with Crippen molar-refractivity contribution in [2.24, 2.45) is 5.92 Å². The molecule has 1 fully saturated rings. The van der Waals surface area contributed by atoms with Gasteiger partial charge in [-0.15, -0.1) is 0 Å². The molecule has 0 saturated heterocycles. The molecule has 0 aromatic heterocycles. The van der Waals surface area contributed by atoms with Crippen LogP contribution in [0.25, 0.3) is 0 Å². The first kappa shape index (κ1) is 13.4. The van der Waals surface area contributed by atoms with E-state index < -0.39 is 0 Å². The lowest BCUT2D eigenvalue weighted by Gasteiger charge is -2.18. The fourth-order valence-corrected chi connectivity index (χ4v) is 3.81. The number of hydrogen-bond acceptors (Lipinski definition) is 1. The normalized spacial score (nSPS) is 18.3. The van der Waals surface area contributed by atoms with Crippen molar-refractivity contribution in [3.8, 4) is 5.75 Å². The third-order valence-electron chi connectivity index (χ3n) is 3.39. The van der Waals surface area contributed by atoms with E-state index in [1.54, 1.807) is 0 Å². The highest BCUT2D eigenvalue weighted by Crippen LogP contribution is 2.42. The van der Waals surface area contributed by atoms with Gasteiger partial charge in [0.25, 0.3) is 0 Å². The molecule has 1 unspecified atom stereocenters. The summed E-state index contributed by atoms with van der Waals surface area (Å²) in [5, 5.41) is 0. The molecule has 0 spiro atoms. The van der Waals surface area contributed by atoms with E-state index in [2.05, 4.69) is 50.1 Å². The van der Waals surface area contributed by atoms with E-state index in [1.165, 1.54) is 31.2 Å². The Balaban J connectivity index is 2.12. The molecule has 17 heavy (non-hydrogen) atoms. The summed E-state index contributed by atoms with van der Waals surface area (Å²) in [5.41, 5.74) is 1.35. The molecule has 1 nitrogen and oxygen atoms in total. The van der Waals surface area contributed by atoms with Crippen LogP contribution < -0.4 is 4.74 Å². The van der Waals surface area contributed by atoms with Crippen LogP contribution >= 0.6 is 31.9 Å². The topological polar surface area (TPSA) is 9.23 Å². The van der Waals surface area contributed by atoms with Crippen LogP contribution in [0, 0.1) is 5.92 Å². The minimum Gasteiger partial charge on any atom is -0.493 e. The summed E-state index contributed by atoms with van der Waals surface area (Å²) >= 11 is 7.43. The lowest BCUT2D eigenvalue weighted by molar-refractivity contribution is 0.338. The first-order valence-electron chi connectivity index (χ1n) is 6.28. The van der Waals surface area contributed by atoms with Gasteiger partial charge in [0.05, 0.1) is 11.1 Å². The second-order valence-corrected chi connectivity index (χ2v) is 6.41. The maximum Gasteiger partial charge on any atom is 0.133 e. The Kier molecular flexibility index (Phi) is 4.92. The zero-order valence-corrected chi connectivity index (χ0v) is 13.3. The van der Waals surface area contributed by atoms with Crippen LogP contribution in [0.2, 0.25) is 0 Å². The van der Waals surface area contributed by atoms with Gasteiger partial charge in [0, 0.05) is 4.83 Å². The molecule has 3 heteroatoms. The van der Waals surface area contributed by atoms with Gasteiger partial charge in [0.15, 0.2) is 0 Å². The van der Waals surface area contributed by atoms with Gasteiger partial charge in [-0.3, -0.25) is 0 Å². The van der Waals surface area contributed by atoms with Crippen LogP contribution in [0.15, 0.2) is 22.7 Å². The number of halogens is 2. The molecule has 1 saturated carbocycles. The smallest absolute Gasteiger partial charge is 0.133 e. The van der Waals surface area contributed by atoms with Crippen LogP contribution in [0.5, 0.6) is 5.75 Å². The molecule has 1 aromatic rings. The molecule has 1 aliphatic carbocycles. The van der Waals surface area contributed by atoms with Crippen molar-refractivity contribution in [2.45, 2.75) is 37.4 Å². The minimum atomic E-state index is 0.483. The fourth-order valence-electron chi connectivity index (χ4n) is 2.48. The first-order valence-corrected chi connectivity index (χ1v) is 7.99. The Morgan fingerprint density at radius 1 is 1.35 bits per heavy atom. The van der Waals surface area contributed by atoms with E-state index in [-0.39, 0.29) is 0 Å². The van der Waals surface area contributed by atoms with Crippen LogP contribution in [0.4, 0.5) is 0 Å². The van der Waals surface area contributed by atoms with Crippen molar-refractivity contribution < 1.29 is 4.74 Å². The van der Waals surface area contributed by atoms with Crippen LogP contribution in [0.1, 0.15) is 43.0 Å². The molecule has 0 heterocycles. The van der Waals surface area contributed by atoms with E-state index in [0.29, 0.717) is 11.4 Å². The average Bonchev–Trinajstić information content (AvgIpc) is 2.84. The predicted octanol–water partition coefficient (Wildman–Crippen LogP) is 5.47. The summed E-state index contributed by atoms with van der Waals surface area (Å²) in [4.78, 5) is 0.483. The Bertz CT molecular complexity index is 372.